The zero-order valence-corrected chi connectivity index (χ0v) is 11.8. The van der Waals surface area contributed by atoms with Crippen molar-refractivity contribution in [3.05, 3.63) is 23.8 Å². The highest BCUT2D eigenvalue weighted by Gasteiger charge is 2.33. The monoisotopic (exact) mass is 301 g/mol. The second-order valence-electron chi connectivity index (χ2n) is 4.96. The van der Waals surface area contributed by atoms with Crippen LogP contribution in [-0.4, -0.2) is 43.2 Å². The molecule has 7 heteroatoms. The molecule has 0 spiro atoms. The Labute approximate surface area is 121 Å². The summed E-state index contributed by atoms with van der Waals surface area (Å²) < 4.78 is 37.7. The zero-order valence-electron chi connectivity index (χ0n) is 11.8. The molecule has 0 unspecified atom stereocenters. The molecule has 1 aromatic rings. The SMILES string of the molecule is CCCN(CC(F)(F)F)C(=O)c1ccc2c(c1)NCCN2. The van der Waals surface area contributed by atoms with Gasteiger partial charge in [0.2, 0.25) is 0 Å². The van der Waals surface area contributed by atoms with E-state index in [1.54, 1.807) is 25.1 Å². The summed E-state index contributed by atoms with van der Waals surface area (Å²) >= 11 is 0. The molecule has 4 nitrogen and oxygen atoms in total. The van der Waals surface area contributed by atoms with Crippen LogP contribution in [0.3, 0.4) is 0 Å². The number of hydrogen-bond acceptors (Lipinski definition) is 3. The number of hydrogen-bond donors (Lipinski definition) is 2. The molecule has 1 aromatic carbocycles. The Hall–Kier alpha value is -1.92. The first-order valence-electron chi connectivity index (χ1n) is 6.88. The number of amides is 1. The van der Waals surface area contributed by atoms with Gasteiger partial charge in [0.15, 0.2) is 0 Å². The first-order valence-corrected chi connectivity index (χ1v) is 6.88. The fraction of sp³-hybridized carbons (Fsp3) is 0.500. The van der Waals surface area contributed by atoms with E-state index in [4.69, 9.17) is 0 Å². The summed E-state index contributed by atoms with van der Waals surface area (Å²) in [5.41, 5.74) is 1.87. The third-order valence-electron chi connectivity index (χ3n) is 3.17. The normalized spacial score (nSPS) is 13.9. The first kappa shape index (κ1) is 15.5. The molecule has 116 valence electrons. The van der Waals surface area contributed by atoms with E-state index in [2.05, 4.69) is 10.6 Å². The summed E-state index contributed by atoms with van der Waals surface area (Å²) in [6.07, 6.45) is -3.91. The van der Waals surface area contributed by atoms with Crippen LogP contribution in [0.25, 0.3) is 0 Å². The van der Waals surface area contributed by atoms with Crippen molar-refractivity contribution in [3.63, 3.8) is 0 Å². The van der Waals surface area contributed by atoms with Crippen LogP contribution in [0.5, 0.6) is 0 Å². The molecule has 0 fully saturated rings. The van der Waals surface area contributed by atoms with Gasteiger partial charge in [0, 0.05) is 25.2 Å². The average molecular weight is 301 g/mol. The van der Waals surface area contributed by atoms with Crippen molar-refractivity contribution in [3.8, 4) is 0 Å². The summed E-state index contributed by atoms with van der Waals surface area (Å²) in [4.78, 5) is 13.1. The van der Waals surface area contributed by atoms with E-state index in [-0.39, 0.29) is 12.1 Å². The minimum atomic E-state index is -4.39. The Morgan fingerprint density at radius 1 is 1.24 bits per heavy atom. The zero-order chi connectivity index (χ0) is 15.5. The van der Waals surface area contributed by atoms with E-state index in [9.17, 15) is 18.0 Å². The van der Waals surface area contributed by atoms with Crippen LogP contribution in [0.4, 0.5) is 24.5 Å². The smallest absolute Gasteiger partial charge is 0.382 e. The van der Waals surface area contributed by atoms with E-state index in [0.717, 1.165) is 22.8 Å². The van der Waals surface area contributed by atoms with Gasteiger partial charge < -0.3 is 15.5 Å². The van der Waals surface area contributed by atoms with Gasteiger partial charge in [0.05, 0.1) is 11.4 Å². The number of benzene rings is 1. The van der Waals surface area contributed by atoms with Crippen molar-refractivity contribution in [2.45, 2.75) is 19.5 Å². The number of rotatable bonds is 4. The number of anilines is 2. The molecule has 0 atom stereocenters. The van der Waals surface area contributed by atoms with Crippen LogP contribution in [0.2, 0.25) is 0 Å². The number of fused-ring (bicyclic) bond motifs is 1. The standard InChI is InChI=1S/C14H18F3N3O/c1-2-7-20(9-14(15,16)17)13(21)10-3-4-11-12(8-10)19-6-5-18-11/h3-4,8,18-19H,2,5-7,9H2,1H3. The molecule has 1 heterocycles. The maximum atomic E-state index is 12.6. The van der Waals surface area contributed by atoms with Crippen molar-refractivity contribution >= 4 is 17.3 Å². The molecule has 2 N–H and O–H groups in total. The van der Waals surface area contributed by atoms with Crippen LogP contribution in [0.15, 0.2) is 18.2 Å². The minimum absolute atomic E-state index is 0.0844. The lowest BCUT2D eigenvalue weighted by molar-refractivity contribution is -0.140. The van der Waals surface area contributed by atoms with Gasteiger partial charge in [-0.15, -0.1) is 0 Å². The largest absolute Gasteiger partial charge is 0.406 e. The van der Waals surface area contributed by atoms with Gasteiger partial charge >= 0.3 is 6.18 Å². The van der Waals surface area contributed by atoms with Gasteiger partial charge in [0.1, 0.15) is 6.54 Å². The topological polar surface area (TPSA) is 44.4 Å². The van der Waals surface area contributed by atoms with Crippen LogP contribution < -0.4 is 10.6 Å². The minimum Gasteiger partial charge on any atom is -0.382 e. The van der Waals surface area contributed by atoms with E-state index in [0.29, 0.717) is 13.0 Å². The summed E-state index contributed by atoms with van der Waals surface area (Å²) in [6.45, 7) is 2.10. The van der Waals surface area contributed by atoms with Crippen LogP contribution in [0, 0.1) is 0 Å². The van der Waals surface area contributed by atoms with Gasteiger partial charge in [0.25, 0.3) is 5.91 Å². The number of alkyl halides is 3. The second-order valence-corrected chi connectivity index (χ2v) is 4.96. The number of nitrogens with one attached hydrogen (secondary N) is 2. The fourth-order valence-corrected chi connectivity index (χ4v) is 2.29. The number of carbonyl (C=O) groups excluding carboxylic acids is 1. The van der Waals surface area contributed by atoms with E-state index >= 15 is 0 Å². The van der Waals surface area contributed by atoms with E-state index in [1.165, 1.54) is 0 Å². The molecule has 0 saturated carbocycles. The Balaban J connectivity index is 2.20. The van der Waals surface area contributed by atoms with Gasteiger partial charge in [-0.2, -0.15) is 13.2 Å². The Kier molecular flexibility index (Phi) is 4.59. The Morgan fingerprint density at radius 2 is 1.90 bits per heavy atom. The van der Waals surface area contributed by atoms with Crippen LogP contribution >= 0.6 is 0 Å². The van der Waals surface area contributed by atoms with Crippen molar-refractivity contribution in [1.29, 1.82) is 0 Å². The Morgan fingerprint density at radius 3 is 2.52 bits per heavy atom. The molecule has 0 bridgehead atoms. The molecule has 1 amide bonds. The summed E-state index contributed by atoms with van der Waals surface area (Å²) in [7, 11) is 0. The summed E-state index contributed by atoms with van der Waals surface area (Å²) in [5, 5.41) is 6.28. The third-order valence-corrected chi connectivity index (χ3v) is 3.17. The number of halogens is 3. The van der Waals surface area contributed by atoms with Gasteiger partial charge in [-0.3, -0.25) is 4.79 Å². The lowest BCUT2D eigenvalue weighted by Gasteiger charge is -2.25. The van der Waals surface area contributed by atoms with Crippen molar-refractivity contribution in [2.75, 3.05) is 36.8 Å². The van der Waals surface area contributed by atoms with Crippen LogP contribution in [-0.2, 0) is 0 Å². The third kappa shape index (κ3) is 4.03. The lowest BCUT2D eigenvalue weighted by Crippen LogP contribution is -2.39. The maximum Gasteiger partial charge on any atom is 0.406 e. The van der Waals surface area contributed by atoms with Gasteiger partial charge in [-0.25, -0.2) is 0 Å². The van der Waals surface area contributed by atoms with Gasteiger partial charge in [-0.05, 0) is 24.6 Å². The molecule has 0 radical (unpaired) electrons. The molecule has 0 aromatic heterocycles. The molecule has 2 rings (SSSR count). The van der Waals surface area contributed by atoms with Crippen molar-refractivity contribution < 1.29 is 18.0 Å². The summed E-state index contributed by atoms with van der Waals surface area (Å²) in [6, 6.07) is 4.87. The highest BCUT2D eigenvalue weighted by molar-refractivity contribution is 5.96. The van der Waals surface area contributed by atoms with Gasteiger partial charge in [-0.1, -0.05) is 6.92 Å². The fourth-order valence-electron chi connectivity index (χ4n) is 2.29. The molecular weight excluding hydrogens is 283 g/mol. The quantitative estimate of drug-likeness (QED) is 0.898. The van der Waals surface area contributed by atoms with Crippen molar-refractivity contribution in [2.24, 2.45) is 0 Å². The highest BCUT2D eigenvalue weighted by Crippen LogP contribution is 2.26. The molecule has 0 saturated heterocycles. The predicted molar refractivity (Wildman–Crippen MR) is 75.7 cm³/mol. The summed E-state index contributed by atoms with van der Waals surface area (Å²) in [5.74, 6) is -0.593. The second kappa shape index (κ2) is 6.24. The molecule has 1 aliphatic heterocycles. The maximum absolute atomic E-state index is 12.6. The average Bonchev–Trinajstić information content (AvgIpc) is 2.44. The van der Waals surface area contributed by atoms with Crippen molar-refractivity contribution in [1.82, 2.24) is 4.90 Å². The van der Waals surface area contributed by atoms with E-state index in [1.807, 2.05) is 0 Å². The molecule has 1 aliphatic rings. The highest BCUT2D eigenvalue weighted by atomic mass is 19.4. The number of carbonyl (C=O) groups is 1. The first-order chi connectivity index (χ1) is 9.90. The van der Waals surface area contributed by atoms with Crippen LogP contribution in [0.1, 0.15) is 23.7 Å². The van der Waals surface area contributed by atoms with E-state index < -0.39 is 18.6 Å². The molecule has 21 heavy (non-hydrogen) atoms. The predicted octanol–water partition coefficient (Wildman–Crippen LogP) is 2.94. The molecular formula is C14H18F3N3O. The molecule has 0 aliphatic carbocycles. The number of nitrogens with zero attached hydrogens (tertiary/aromatic N) is 1. The Bertz CT molecular complexity index is 517. The lowest BCUT2D eigenvalue weighted by atomic mass is 10.1.